The van der Waals surface area contributed by atoms with Crippen LogP contribution in [0.3, 0.4) is 0 Å². The van der Waals surface area contributed by atoms with Gasteiger partial charge in [-0.3, -0.25) is 0 Å². The molecular formula is C10H18O4. The van der Waals surface area contributed by atoms with Gasteiger partial charge >= 0.3 is 5.97 Å². The van der Waals surface area contributed by atoms with Crippen molar-refractivity contribution < 1.29 is 19.7 Å². The second-order valence-electron chi connectivity index (χ2n) is 3.89. The van der Waals surface area contributed by atoms with Crippen molar-refractivity contribution in [3.8, 4) is 0 Å². The van der Waals surface area contributed by atoms with Gasteiger partial charge in [0.2, 0.25) is 0 Å². The van der Waals surface area contributed by atoms with Gasteiger partial charge in [0.15, 0.2) is 5.60 Å². The Bertz CT molecular complexity index is 198. The predicted octanol–water partition coefficient (Wildman–Crippen LogP) is 1.03. The first kappa shape index (κ1) is 11.5. The monoisotopic (exact) mass is 202 g/mol. The molecule has 0 amide bonds. The lowest BCUT2D eigenvalue weighted by Gasteiger charge is -2.34. The van der Waals surface area contributed by atoms with Crippen molar-refractivity contribution in [3.63, 3.8) is 0 Å². The number of aliphatic hydroxyl groups is 1. The number of hydrogen-bond donors (Lipinski definition) is 2. The molecule has 0 bridgehead atoms. The summed E-state index contributed by atoms with van der Waals surface area (Å²) in [5, 5.41) is 19.0. The van der Waals surface area contributed by atoms with Gasteiger partial charge in [-0.2, -0.15) is 0 Å². The Morgan fingerprint density at radius 1 is 1.64 bits per heavy atom. The molecule has 4 heteroatoms. The van der Waals surface area contributed by atoms with Gasteiger partial charge in [0, 0.05) is 12.5 Å². The minimum atomic E-state index is -1.59. The van der Waals surface area contributed by atoms with Crippen LogP contribution in [0.25, 0.3) is 0 Å². The summed E-state index contributed by atoms with van der Waals surface area (Å²) in [6.45, 7) is 2.92. The van der Waals surface area contributed by atoms with Crippen LogP contribution >= 0.6 is 0 Å². The number of carboxylic acid groups (broad SMARTS) is 1. The van der Waals surface area contributed by atoms with Crippen molar-refractivity contribution in [1.29, 1.82) is 0 Å². The zero-order chi connectivity index (χ0) is 10.6. The zero-order valence-electron chi connectivity index (χ0n) is 8.53. The first-order valence-corrected chi connectivity index (χ1v) is 5.14. The highest BCUT2D eigenvalue weighted by Crippen LogP contribution is 2.30. The van der Waals surface area contributed by atoms with E-state index in [0.29, 0.717) is 26.1 Å². The van der Waals surface area contributed by atoms with Crippen molar-refractivity contribution in [2.24, 2.45) is 5.92 Å². The summed E-state index contributed by atoms with van der Waals surface area (Å²) < 4.78 is 5.20. The van der Waals surface area contributed by atoms with Gasteiger partial charge in [0.05, 0.1) is 6.61 Å². The third-order valence-electron chi connectivity index (χ3n) is 2.84. The first-order valence-electron chi connectivity index (χ1n) is 5.14. The summed E-state index contributed by atoms with van der Waals surface area (Å²) in [5.41, 5.74) is -1.59. The van der Waals surface area contributed by atoms with E-state index < -0.39 is 11.6 Å². The van der Waals surface area contributed by atoms with Crippen molar-refractivity contribution in [2.45, 2.75) is 38.2 Å². The summed E-state index contributed by atoms with van der Waals surface area (Å²) in [6.07, 6.45) is 2.54. The quantitative estimate of drug-likeness (QED) is 0.714. The third-order valence-corrected chi connectivity index (χ3v) is 2.84. The Morgan fingerprint density at radius 2 is 2.36 bits per heavy atom. The molecule has 4 nitrogen and oxygen atoms in total. The summed E-state index contributed by atoms with van der Waals surface area (Å²) in [5.74, 6) is -1.37. The summed E-state index contributed by atoms with van der Waals surface area (Å²) in [6, 6.07) is 0. The van der Waals surface area contributed by atoms with Crippen LogP contribution in [0.2, 0.25) is 0 Å². The summed E-state index contributed by atoms with van der Waals surface area (Å²) in [7, 11) is 0. The first-order chi connectivity index (χ1) is 6.61. The van der Waals surface area contributed by atoms with E-state index in [4.69, 9.17) is 9.84 Å². The smallest absolute Gasteiger partial charge is 0.336 e. The molecule has 82 valence electrons. The van der Waals surface area contributed by atoms with Gasteiger partial charge < -0.3 is 14.9 Å². The maximum absolute atomic E-state index is 11.0. The van der Waals surface area contributed by atoms with Gasteiger partial charge in [0.25, 0.3) is 0 Å². The third kappa shape index (κ3) is 2.25. The fourth-order valence-electron chi connectivity index (χ4n) is 1.98. The standard InChI is InChI=1S/C10H18O4/c1-2-5-10(13,9(11)12)8-4-3-6-14-7-8/h8,13H,2-7H2,1H3,(H,11,12). The van der Waals surface area contributed by atoms with Crippen molar-refractivity contribution >= 4 is 5.97 Å². The van der Waals surface area contributed by atoms with Crippen LogP contribution in [0.15, 0.2) is 0 Å². The van der Waals surface area contributed by atoms with E-state index in [-0.39, 0.29) is 5.92 Å². The number of ether oxygens (including phenoxy) is 1. The van der Waals surface area contributed by atoms with E-state index in [1.54, 1.807) is 0 Å². The normalized spacial score (nSPS) is 26.9. The van der Waals surface area contributed by atoms with Crippen molar-refractivity contribution in [1.82, 2.24) is 0 Å². The summed E-state index contributed by atoms with van der Waals surface area (Å²) >= 11 is 0. The van der Waals surface area contributed by atoms with Gasteiger partial charge in [-0.05, 0) is 19.3 Å². The van der Waals surface area contributed by atoms with E-state index in [1.807, 2.05) is 6.92 Å². The second kappa shape index (κ2) is 4.75. The Labute approximate surface area is 83.9 Å². The minimum Gasteiger partial charge on any atom is -0.479 e. The molecule has 0 aromatic rings. The van der Waals surface area contributed by atoms with E-state index in [9.17, 15) is 9.90 Å². The SMILES string of the molecule is CCCC(O)(C(=O)O)C1CCCOC1. The average molecular weight is 202 g/mol. The van der Waals surface area contributed by atoms with Crippen LogP contribution in [-0.2, 0) is 9.53 Å². The maximum atomic E-state index is 11.0. The van der Waals surface area contributed by atoms with Crippen molar-refractivity contribution in [3.05, 3.63) is 0 Å². The van der Waals surface area contributed by atoms with Crippen LogP contribution in [0.5, 0.6) is 0 Å². The van der Waals surface area contributed by atoms with E-state index >= 15 is 0 Å². The Morgan fingerprint density at radius 3 is 2.79 bits per heavy atom. The topological polar surface area (TPSA) is 66.8 Å². The van der Waals surface area contributed by atoms with Gasteiger partial charge in [0.1, 0.15) is 0 Å². The second-order valence-corrected chi connectivity index (χ2v) is 3.89. The molecule has 14 heavy (non-hydrogen) atoms. The highest BCUT2D eigenvalue weighted by molar-refractivity contribution is 5.77. The molecular weight excluding hydrogens is 184 g/mol. The maximum Gasteiger partial charge on any atom is 0.336 e. The highest BCUT2D eigenvalue weighted by atomic mass is 16.5. The summed E-state index contributed by atoms with van der Waals surface area (Å²) in [4.78, 5) is 11.0. The van der Waals surface area contributed by atoms with Gasteiger partial charge in [-0.15, -0.1) is 0 Å². The molecule has 0 spiro atoms. The van der Waals surface area contributed by atoms with Gasteiger partial charge in [-0.1, -0.05) is 13.3 Å². The van der Waals surface area contributed by atoms with Crippen LogP contribution in [-0.4, -0.2) is 35.0 Å². The number of aliphatic carboxylic acids is 1. The average Bonchev–Trinajstić information content (AvgIpc) is 2.19. The number of rotatable bonds is 4. The highest BCUT2D eigenvalue weighted by Gasteiger charge is 2.43. The molecule has 1 rings (SSSR count). The molecule has 2 N–H and O–H groups in total. The van der Waals surface area contributed by atoms with E-state index in [1.165, 1.54) is 0 Å². The van der Waals surface area contributed by atoms with Crippen LogP contribution in [0.1, 0.15) is 32.6 Å². The zero-order valence-corrected chi connectivity index (χ0v) is 8.53. The lowest BCUT2D eigenvalue weighted by molar-refractivity contribution is -0.172. The van der Waals surface area contributed by atoms with Crippen molar-refractivity contribution in [2.75, 3.05) is 13.2 Å². The molecule has 0 aromatic heterocycles. The molecule has 0 aliphatic carbocycles. The molecule has 1 aliphatic heterocycles. The molecule has 1 heterocycles. The molecule has 2 atom stereocenters. The molecule has 1 saturated heterocycles. The van der Waals surface area contributed by atoms with E-state index in [2.05, 4.69) is 0 Å². The van der Waals surface area contributed by atoms with Gasteiger partial charge in [-0.25, -0.2) is 4.79 Å². The van der Waals surface area contributed by atoms with Crippen LogP contribution in [0.4, 0.5) is 0 Å². The largest absolute Gasteiger partial charge is 0.479 e. The molecule has 0 saturated carbocycles. The molecule has 1 fully saturated rings. The Balaban J connectivity index is 2.69. The number of carbonyl (C=O) groups is 1. The number of carboxylic acids is 1. The fourth-order valence-corrected chi connectivity index (χ4v) is 1.98. The molecule has 0 aromatic carbocycles. The van der Waals surface area contributed by atoms with E-state index in [0.717, 1.165) is 12.8 Å². The Kier molecular flexibility index (Phi) is 3.89. The van der Waals surface area contributed by atoms with Crippen LogP contribution in [0, 0.1) is 5.92 Å². The molecule has 1 aliphatic rings. The fraction of sp³-hybridized carbons (Fsp3) is 0.900. The Hall–Kier alpha value is -0.610. The van der Waals surface area contributed by atoms with Crippen LogP contribution < -0.4 is 0 Å². The lowest BCUT2D eigenvalue weighted by Crippen LogP contribution is -2.48. The lowest BCUT2D eigenvalue weighted by atomic mass is 9.80. The predicted molar refractivity (Wildman–Crippen MR) is 51.0 cm³/mol. The minimum absolute atomic E-state index is 0.256. The number of hydrogen-bond acceptors (Lipinski definition) is 3. The molecule has 0 radical (unpaired) electrons. The molecule has 2 unspecified atom stereocenters.